The molecular formula is C19H24N4O2S. The minimum Gasteiger partial charge on any atom is -0.337 e. The summed E-state index contributed by atoms with van der Waals surface area (Å²) in [5.41, 5.74) is 1.24. The fourth-order valence-electron chi connectivity index (χ4n) is 2.92. The second-order valence-corrected chi connectivity index (χ2v) is 7.59. The van der Waals surface area contributed by atoms with Gasteiger partial charge in [0.2, 0.25) is 0 Å². The summed E-state index contributed by atoms with van der Waals surface area (Å²) < 4.78 is 0. The summed E-state index contributed by atoms with van der Waals surface area (Å²) in [4.78, 5) is 33.1. The first kappa shape index (κ1) is 18.4. The van der Waals surface area contributed by atoms with Gasteiger partial charge >= 0.3 is 6.03 Å². The highest BCUT2D eigenvalue weighted by Gasteiger charge is 2.23. The number of amides is 3. The Labute approximate surface area is 157 Å². The van der Waals surface area contributed by atoms with Crippen LogP contribution in [-0.2, 0) is 6.54 Å². The lowest BCUT2D eigenvalue weighted by molar-refractivity contribution is 0.0787. The zero-order valence-electron chi connectivity index (χ0n) is 15.1. The van der Waals surface area contributed by atoms with Crippen LogP contribution in [0.1, 0.15) is 42.2 Å². The van der Waals surface area contributed by atoms with E-state index in [9.17, 15) is 9.59 Å². The largest absolute Gasteiger partial charge is 0.337 e. The summed E-state index contributed by atoms with van der Waals surface area (Å²) in [6, 6.07) is 9.22. The summed E-state index contributed by atoms with van der Waals surface area (Å²) >= 11 is 1.43. The van der Waals surface area contributed by atoms with Crippen LogP contribution in [0.3, 0.4) is 0 Å². The van der Waals surface area contributed by atoms with Crippen LogP contribution in [0.25, 0.3) is 0 Å². The Bertz CT molecular complexity index is 754. The molecule has 1 aromatic carbocycles. The molecule has 3 amide bonds. The first-order valence-corrected chi connectivity index (χ1v) is 9.79. The number of aromatic nitrogens is 1. The van der Waals surface area contributed by atoms with E-state index in [-0.39, 0.29) is 18.0 Å². The molecule has 1 aromatic heterocycles. The smallest absolute Gasteiger partial charge is 0.322 e. The summed E-state index contributed by atoms with van der Waals surface area (Å²) in [5.74, 6) is -0.00478. The minimum atomic E-state index is -0.172. The molecule has 0 unspecified atom stereocenters. The summed E-state index contributed by atoms with van der Waals surface area (Å²) in [6.07, 6.45) is 2.12. The number of thiazole rings is 1. The van der Waals surface area contributed by atoms with Crippen molar-refractivity contribution in [1.82, 2.24) is 14.8 Å². The molecule has 0 aliphatic carbocycles. The fourth-order valence-corrected chi connectivity index (χ4v) is 3.68. The molecule has 1 N–H and O–H groups in total. The maximum atomic E-state index is 12.6. The zero-order valence-corrected chi connectivity index (χ0v) is 16.0. The number of urea groups is 1. The molecule has 2 heterocycles. The number of likely N-dealkylation sites (tertiary alicyclic amines) is 1. The molecule has 1 fully saturated rings. The highest BCUT2D eigenvalue weighted by molar-refractivity contribution is 7.09. The average Bonchev–Trinajstić information content (AvgIpc) is 3.31. The molecule has 0 atom stereocenters. The topological polar surface area (TPSA) is 65.5 Å². The molecule has 0 saturated carbocycles. The van der Waals surface area contributed by atoms with Crippen molar-refractivity contribution in [1.29, 1.82) is 0 Å². The van der Waals surface area contributed by atoms with Crippen molar-refractivity contribution in [3.8, 4) is 0 Å². The van der Waals surface area contributed by atoms with Crippen LogP contribution < -0.4 is 5.32 Å². The summed E-state index contributed by atoms with van der Waals surface area (Å²) in [6.45, 7) is 5.93. The van der Waals surface area contributed by atoms with Crippen molar-refractivity contribution in [2.75, 3.05) is 18.4 Å². The second-order valence-electron chi connectivity index (χ2n) is 6.64. The van der Waals surface area contributed by atoms with Crippen molar-refractivity contribution in [3.63, 3.8) is 0 Å². The summed E-state index contributed by atoms with van der Waals surface area (Å²) in [5, 5.41) is 5.47. The standard InChI is InChI=1S/C19H24N4O2S/c1-14(2)23(19(25)20-15-8-4-3-5-9-15)12-17-21-16(13-26-17)18(24)22-10-6-7-11-22/h3-5,8-9,13-14H,6-7,10-12H2,1-2H3,(H,20,25). The van der Waals surface area contributed by atoms with E-state index in [0.29, 0.717) is 12.2 Å². The van der Waals surface area contributed by atoms with Gasteiger partial charge < -0.3 is 15.1 Å². The minimum absolute atomic E-state index is 0.00478. The molecule has 0 spiro atoms. The number of nitrogens with zero attached hydrogens (tertiary/aromatic N) is 3. The third kappa shape index (κ3) is 4.40. The predicted molar refractivity (Wildman–Crippen MR) is 103 cm³/mol. The molecule has 3 rings (SSSR count). The van der Waals surface area contributed by atoms with Crippen molar-refractivity contribution >= 4 is 29.0 Å². The van der Waals surface area contributed by atoms with Gasteiger partial charge in [-0.2, -0.15) is 0 Å². The predicted octanol–water partition coefficient (Wildman–Crippen LogP) is 3.82. The number of anilines is 1. The van der Waals surface area contributed by atoms with Gasteiger partial charge in [0.1, 0.15) is 10.7 Å². The lowest BCUT2D eigenvalue weighted by Gasteiger charge is -2.26. The Balaban J connectivity index is 1.66. The van der Waals surface area contributed by atoms with Crippen LogP contribution in [0, 0.1) is 0 Å². The van der Waals surface area contributed by atoms with Crippen molar-refractivity contribution in [2.45, 2.75) is 39.3 Å². The Kier molecular flexibility index (Phi) is 5.88. The molecule has 1 aliphatic heterocycles. The quantitative estimate of drug-likeness (QED) is 0.868. The SMILES string of the molecule is CC(C)N(Cc1nc(C(=O)N2CCCC2)cs1)C(=O)Nc1ccccc1. The molecule has 138 valence electrons. The number of nitrogens with one attached hydrogen (secondary N) is 1. The lowest BCUT2D eigenvalue weighted by Crippen LogP contribution is -2.39. The number of benzene rings is 1. The van der Waals surface area contributed by atoms with Crippen LogP contribution in [0.5, 0.6) is 0 Å². The van der Waals surface area contributed by atoms with Gasteiger partial charge in [-0.1, -0.05) is 18.2 Å². The van der Waals surface area contributed by atoms with Gasteiger partial charge in [-0.3, -0.25) is 4.79 Å². The van der Waals surface area contributed by atoms with Gasteiger partial charge in [0.15, 0.2) is 0 Å². The van der Waals surface area contributed by atoms with Gasteiger partial charge in [-0.25, -0.2) is 9.78 Å². The monoisotopic (exact) mass is 372 g/mol. The van der Waals surface area contributed by atoms with Gasteiger partial charge in [-0.05, 0) is 38.8 Å². The van der Waals surface area contributed by atoms with E-state index in [1.165, 1.54) is 11.3 Å². The molecule has 26 heavy (non-hydrogen) atoms. The molecule has 6 nitrogen and oxygen atoms in total. The van der Waals surface area contributed by atoms with Crippen molar-refractivity contribution < 1.29 is 9.59 Å². The van der Waals surface area contributed by atoms with Crippen LogP contribution in [0.15, 0.2) is 35.7 Å². The van der Waals surface area contributed by atoms with E-state index in [1.54, 1.807) is 10.3 Å². The van der Waals surface area contributed by atoms with Gasteiger partial charge in [-0.15, -0.1) is 11.3 Å². The van der Waals surface area contributed by atoms with Crippen LogP contribution in [-0.4, -0.2) is 45.9 Å². The van der Waals surface area contributed by atoms with Crippen LogP contribution in [0.4, 0.5) is 10.5 Å². The highest BCUT2D eigenvalue weighted by Crippen LogP contribution is 2.19. The number of hydrogen-bond donors (Lipinski definition) is 1. The fraction of sp³-hybridized carbons (Fsp3) is 0.421. The number of carbonyl (C=O) groups is 2. The van der Waals surface area contributed by atoms with E-state index in [4.69, 9.17) is 0 Å². The van der Waals surface area contributed by atoms with E-state index in [1.807, 2.05) is 49.1 Å². The van der Waals surface area contributed by atoms with E-state index >= 15 is 0 Å². The number of para-hydroxylation sites is 1. The molecule has 7 heteroatoms. The number of carbonyl (C=O) groups excluding carboxylic acids is 2. The van der Waals surface area contributed by atoms with Gasteiger partial charge in [0.25, 0.3) is 5.91 Å². The van der Waals surface area contributed by atoms with Crippen LogP contribution in [0.2, 0.25) is 0 Å². The van der Waals surface area contributed by atoms with Crippen LogP contribution >= 0.6 is 11.3 Å². The lowest BCUT2D eigenvalue weighted by atomic mass is 10.3. The normalized spacial score (nSPS) is 13.9. The maximum Gasteiger partial charge on any atom is 0.322 e. The molecule has 1 saturated heterocycles. The third-order valence-corrected chi connectivity index (χ3v) is 5.21. The molecule has 0 radical (unpaired) electrons. The average molecular weight is 372 g/mol. The molecule has 1 aliphatic rings. The Morgan fingerprint density at radius 2 is 1.92 bits per heavy atom. The van der Waals surface area contributed by atoms with E-state index in [2.05, 4.69) is 10.3 Å². The zero-order chi connectivity index (χ0) is 18.5. The third-order valence-electron chi connectivity index (χ3n) is 4.38. The second kappa shape index (κ2) is 8.31. The maximum absolute atomic E-state index is 12.6. The van der Waals surface area contributed by atoms with E-state index in [0.717, 1.165) is 36.6 Å². The molecular weight excluding hydrogens is 348 g/mol. The Hall–Kier alpha value is -2.41. The highest BCUT2D eigenvalue weighted by atomic mass is 32.1. The van der Waals surface area contributed by atoms with E-state index < -0.39 is 0 Å². The molecule has 0 bridgehead atoms. The van der Waals surface area contributed by atoms with Gasteiger partial charge in [0, 0.05) is 30.2 Å². The molecule has 2 aromatic rings. The Morgan fingerprint density at radius 3 is 2.58 bits per heavy atom. The van der Waals surface area contributed by atoms with Crippen molar-refractivity contribution in [2.24, 2.45) is 0 Å². The van der Waals surface area contributed by atoms with Crippen molar-refractivity contribution in [3.05, 3.63) is 46.4 Å². The number of rotatable bonds is 5. The van der Waals surface area contributed by atoms with Gasteiger partial charge in [0.05, 0.1) is 6.54 Å². The number of hydrogen-bond acceptors (Lipinski definition) is 4. The summed E-state index contributed by atoms with van der Waals surface area (Å²) in [7, 11) is 0. The first-order valence-electron chi connectivity index (χ1n) is 8.91. The first-order chi connectivity index (χ1) is 12.5. The Morgan fingerprint density at radius 1 is 1.23 bits per heavy atom.